The quantitative estimate of drug-likeness (QED) is 0.263. The number of hydrogen-bond donors (Lipinski definition) is 0. The van der Waals surface area contributed by atoms with E-state index in [4.69, 9.17) is 24.4 Å². The summed E-state index contributed by atoms with van der Waals surface area (Å²) >= 11 is 10.2. The van der Waals surface area contributed by atoms with Crippen molar-refractivity contribution in [2.45, 2.75) is 5.92 Å². The normalized spacial score (nSPS) is 19.0. The summed E-state index contributed by atoms with van der Waals surface area (Å²) in [6, 6.07) is 5.41. The summed E-state index contributed by atoms with van der Waals surface area (Å²) in [5.74, 6) is -7.70. The zero-order valence-electron chi connectivity index (χ0n) is 17.5. The smallest absolute Gasteiger partial charge is 0.272 e. The lowest BCUT2D eigenvalue weighted by Gasteiger charge is -2.43. The van der Waals surface area contributed by atoms with Crippen LogP contribution in [0.2, 0.25) is 0 Å². The number of amides is 4. The highest BCUT2D eigenvalue weighted by Crippen LogP contribution is 2.43. The third-order valence-electron chi connectivity index (χ3n) is 5.75. The molecule has 1 aromatic carbocycles. The topological polar surface area (TPSA) is 124 Å². The molecule has 0 N–H and O–H groups in total. The van der Waals surface area contributed by atoms with Crippen molar-refractivity contribution < 1.29 is 24.1 Å². The third-order valence-corrected chi connectivity index (χ3v) is 6.84. The Morgan fingerprint density at radius 3 is 1.47 bits per heavy atom. The van der Waals surface area contributed by atoms with Crippen LogP contribution in [0.15, 0.2) is 24.3 Å². The van der Waals surface area contributed by atoms with Crippen molar-refractivity contribution in [1.29, 1.82) is 0 Å². The molecule has 0 spiro atoms. The van der Waals surface area contributed by atoms with Crippen LogP contribution in [0.25, 0.3) is 0 Å². The van der Waals surface area contributed by atoms with Crippen molar-refractivity contribution in [3.05, 3.63) is 39.9 Å². The van der Waals surface area contributed by atoms with Gasteiger partial charge in [-0.05, 0) is 24.4 Å². The van der Waals surface area contributed by atoms with Crippen molar-refractivity contribution in [3.8, 4) is 0 Å². The Morgan fingerprint density at radius 2 is 1.12 bits per heavy atom. The number of rotatable bonds is 4. The van der Waals surface area contributed by atoms with Crippen molar-refractivity contribution >= 4 is 64.0 Å². The summed E-state index contributed by atoms with van der Waals surface area (Å²) in [4.78, 5) is 68.2. The molecule has 3 rings (SSSR count). The number of nitro groups is 1. The molecule has 13 heteroatoms. The largest absolute Gasteiger partial charge is 0.291 e. The van der Waals surface area contributed by atoms with Crippen LogP contribution in [0.3, 0.4) is 0 Å². The number of carbonyl (C=O) groups is 4. The van der Waals surface area contributed by atoms with Crippen LogP contribution in [-0.4, -0.2) is 86.6 Å². The van der Waals surface area contributed by atoms with Crippen LogP contribution in [0, 0.1) is 22.0 Å². The van der Waals surface area contributed by atoms with Crippen molar-refractivity contribution in [1.82, 2.24) is 19.6 Å². The van der Waals surface area contributed by atoms with Crippen molar-refractivity contribution in [2.75, 3.05) is 28.2 Å². The summed E-state index contributed by atoms with van der Waals surface area (Å²) in [5, 5.41) is 11.6. The lowest BCUT2D eigenvalue weighted by atomic mass is 9.72. The van der Waals surface area contributed by atoms with Gasteiger partial charge in [-0.1, -0.05) is 18.2 Å². The first-order valence-electron chi connectivity index (χ1n) is 9.33. The van der Waals surface area contributed by atoms with E-state index in [9.17, 15) is 29.3 Å². The molecule has 1 aromatic rings. The minimum absolute atomic E-state index is 0.0609. The molecule has 0 bridgehead atoms. The molecule has 11 nitrogen and oxygen atoms in total. The van der Waals surface area contributed by atoms with Crippen molar-refractivity contribution in [3.63, 3.8) is 0 Å². The Hall–Kier alpha value is -3.32. The van der Waals surface area contributed by atoms with Crippen LogP contribution in [-0.2, 0) is 19.2 Å². The molecule has 0 atom stereocenters. The van der Waals surface area contributed by atoms with E-state index >= 15 is 0 Å². The van der Waals surface area contributed by atoms with Gasteiger partial charge in [0.25, 0.3) is 5.69 Å². The van der Waals surface area contributed by atoms with Gasteiger partial charge < -0.3 is 0 Å². The lowest BCUT2D eigenvalue weighted by molar-refractivity contribution is -0.385. The lowest BCUT2D eigenvalue weighted by Crippen LogP contribution is -2.63. The zero-order chi connectivity index (χ0) is 24.1. The molecule has 2 aliphatic heterocycles. The Labute approximate surface area is 193 Å². The summed E-state index contributed by atoms with van der Waals surface area (Å²) in [6.45, 7) is 0. The SMILES string of the molecule is CN1C(=O)C(C(c2ccccc2[N+](=O)[O-])C2C(=O)N(C)C(=S)N(C)C2=O)C(=O)N(C)C1=S. The van der Waals surface area contributed by atoms with E-state index in [1.54, 1.807) is 0 Å². The molecule has 2 heterocycles. The van der Waals surface area contributed by atoms with Gasteiger partial charge in [-0.25, -0.2) is 0 Å². The second kappa shape index (κ2) is 8.31. The molecule has 0 unspecified atom stereocenters. The molecule has 2 fully saturated rings. The highest BCUT2D eigenvalue weighted by Gasteiger charge is 2.55. The van der Waals surface area contributed by atoms with E-state index in [1.807, 2.05) is 0 Å². The van der Waals surface area contributed by atoms with Gasteiger partial charge in [-0.3, -0.25) is 48.9 Å². The zero-order valence-corrected chi connectivity index (χ0v) is 19.2. The molecule has 4 amide bonds. The van der Waals surface area contributed by atoms with Gasteiger partial charge in [-0.15, -0.1) is 0 Å². The van der Waals surface area contributed by atoms with Gasteiger partial charge >= 0.3 is 0 Å². The summed E-state index contributed by atoms with van der Waals surface area (Å²) in [5.41, 5.74) is -0.504. The van der Waals surface area contributed by atoms with Gasteiger partial charge in [0, 0.05) is 45.7 Å². The highest BCUT2D eigenvalue weighted by molar-refractivity contribution is 7.80. The fourth-order valence-corrected chi connectivity index (χ4v) is 4.33. The first-order chi connectivity index (χ1) is 14.9. The number of nitrogens with zero attached hydrogens (tertiary/aromatic N) is 5. The molecule has 0 aromatic heterocycles. The second-order valence-electron chi connectivity index (χ2n) is 7.45. The fraction of sp³-hybridized carbons (Fsp3) is 0.368. The molecule has 0 saturated carbocycles. The predicted molar refractivity (Wildman–Crippen MR) is 119 cm³/mol. The van der Waals surface area contributed by atoms with Crippen molar-refractivity contribution in [2.24, 2.45) is 11.8 Å². The van der Waals surface area contributed by atoms with Crippen LogP contribution < -0.4 is 0 Å². The van der Waals surface area contributed by atoms with E-state index in [-0.39, 0.29) is 15.8 Å². The maximum atomic E-state index is 13.2. The molecule has 168 valence electrons. The predicted octanol–water partition coefficient (Wildman–Crippen LogP) is 0.341. The minimum atomic E-state index is -1.59. The van der Waals surface area contributed by atoms with Crippen LogP contribution in [0.4, 0.5) is 5.69 Å². The monoisotopic (exact) mass is 477 g/mol. The molecule has 0 radical (unpaired) electrons. The van der Waals surface area contributed by atoms with E-state index in [1.165, 1.54) is 52.5 Å². The maximum Gasteiger partial charge on any atom is 0.272 e. The fourth-order valence-electron chi connectivity index (χ4n) is 3.97. The molecular weight excluding hydrogens is 458 g/mol. The van der Waals surface area contributed by atoms with E-state index in [0.29, 0.717) is 0 Å². The third kappa shape index (κ3) is 3.42. The van der Waals surface area contributed by atoms with Gasteiger partial charge in [0.1, 0.15) is 11.8 Å². The standard InChI is InChI=1S/C19H19N5O6S2/c1-20-14(25)12(15(26)21(2)18(20)31)11(9-7-5-6-8-10(9)24(29)30)13-16(27)22(3)19(32)23(4)17(13)28/h5-8,11-13H,1-4H3. The van der Waals surface area contributed by atoms with Gasteiger partial charge in [0.05, 0.1) is 4.92 Å². The Morgan fingerprint density at radius 1 is 0.781 bits per heavy atom. The maximum absolute atomic E-state index is 13.2. The molecule has 2 saturated heterocycles. The minimum Gasteiger partial charge on any atom is -0.291 e. The van der Waals surface area contributed by atoms with Crippen LogP contribution in [0.5, 0.6) is 0 Å². The molecule has 2 aliphatic rings. The number of nitro benzene ring substituents is 1. The summed E-state index contributed by atoms with van der Waals surface area (Å²) in [6.07, 6.45) is 0. The average Bonchev–Trinajstić information content (AvgIpc) is 2.77. The first kappa shape index (κ1) is 23.3. The summed E-state index contributed by atoms with van der Waals surface area (Å²) < 4.78 is 0. The summed E-state index contributed by atoms with van der Waals surface area (Å²) in [7, 11) is 5.42. The number of thiocarbonyl (C=S) groups is 2. The Kier molecular flexibility index (Phi) is 6.07. The molecule has 0 aliphatic carbocycles. The Bertz CT molecular complexity index is 988. The molecule has 32 heavy (non-hydrogen) atoms. The van der Waals surface area contributed by atoms with Crippen LogP contribution in [0.1, 0.15) is 11.5 Å². The average molecular weight is 478 g/mol. The van der Waals surface area contributed by atoms with Gasteiger partial charge in [0.15, 0.2) is 10.2 Å². The molecular formula is C19H19N5O6S2. The van der Waals surface area contributed by atoms with Gasteiger partial charge in [0.2, 0.25) is 23.6 Å². The van der Waals surface area contributed by atoms with Crippen LogP contribution >= 0.6 is 24.4 Å². The number of benzene rings is 1. The van der Waals surface area contributed by atoms with E-state index < -0.39 is 52.0 Å². The van der Waals surface area contributed by atoms with E-state index in [2.05, 4.69) is 0 Å². The number of carbonyl (C=O) groups excluding carboxylic acids is 4. The Balaban J connectivity index is 2.30. The van der Waals surface area contributed by atoms with E-state index in [0.717, 1.165) is 19.6 Å². The number of hydrogen-bond acceptors (Lipinski definition) is 8. The highest BCUT2D eigenvalue weighted by atomic mass is 32.1. The second-order valence-corrected chi connectivity index (χ2v) is 8.18. The first-order valence-corrected chi connectivity index (χ1v) is 10.1. The number of para-hydroxylation sites is 1. The van der Waals surface area contributed by atoms with Gasteiger partial charge in [-0.2, -0.15) is 0 Å².